The minimum atomic E-state index is -0.257. The number of carbonyl (C=O) groups excluding carboxylic acids is 2. The van der Waals surface area contributed by atoms with E-state index in [-0.39, 0.29) is 18.4 Å². The number of hydrogen-bond donors (Lipinski definition) is 1. The van der Waals surface area contributed by atoms with Crippen molar-refractivity contribution in [2.45, 2.75) is 20.3 Å². The lowest BCUT2D eigenvalue weighted by Crippen LogP contribution is -2.35. The van der Waals surface area contributed by atoms with Crippen molar-refractivity contribution in [1.82, 2.24) is 4.90 Å². The third-order valence-electron chi connectivity index (χ3n) is 2.68. The van der Waals surface area contributed by atoms with E-state index in [9.17, 15) is 9.59 Å². The van der Waals surface area contributed by atoms with Crippen molar-refractivity contribution in [3.63, 3.8) is 0 Å². The van der Waals surface area contributed by atoms with Gasteiger partial charge < -0.3 is 10.2 Å². The molecule has 0 atom stereocenters. The monoisotopic (exact) mass is 294 g/mol. The molecule has 1 rings (SSSR count). The van der Waals surface area contributed by atoms with Gasteiger partial charge in [-0.05, 0) is 31.5 Å². The van der Waals surface area contributed by atoms with Crippen LogP contribution in [0.3, 0.4) is 0 Å². The molecule has 1 aromatic carbocycles. The molecule has 0 heterocycles. The van der Waals surface area contributed by atoms with Crippen molar-refractivity contribution >= 4 is 29.1 Å². The second kappa shape index (κ2) is 7.70. The highest BCUT2D eigenvalue weighted by molar-refractivity contribution is 6.30. The normalized spacial score (nSPS) is 11.1. The molecule has 0 unspecified atom stereocenters. The van der Waals surface area contributed by atoms with Crippen LogP contribution in [0.1, 0.15) is 20.3 Å². The Kier molecular flexibility index (Phi) is 6.25. The van der Waals surface area contributed by atoms with Crippen LogP contribution in [-0.2, 0) is 9.59 Å². The fourth-order valence-corrected chi connectivity index (χ4v) is 1.94. The van der Waals surface area contributed by atoms with E-state index in [1.165, 1.54) is 4.90 Å². The summed E-state index contributed by atoms with van der Waals surface area (Å²) in [6, 6.07) is 6.88. The molecule has 1 aromatic rings. The molecule has 108 valence electrons. The van der Waals surface area contributed by atoms with Gasteiger partial charge in [0, 0.05) is 23.3 Å². The van der Waals surface area contributed by atoms with E-state index in [1.54, 1.807) is 38.2 Å². The summed E-state index contributed by atoms with van der Waals surface area (Å²) in [5.41, 5.74) is 1.26. The van der Waals surface area contributed by atoms with Crippen molar-refractivity contribution in [2.75, 3.05) is 18.9 Å². The molecular formula is C15H19ClN2O2. The van der Waals surface area contributed by atoms with Crippen molar-refractivity contribution in [2.24, 2.45) is 0 Å². The molecular weight excluding hydrogens is 276 g/mol. The molecule has 0 aliphatic heterocycles. The van der Waals surface area contributed by atoms with Gasteiger partial charge in [0.1, 0.15) is 0 Å². The first-order chi connectivity index (χ1) is 9.43. The summed E-state index contributed by atoms with van der Waals surface area (Å²) in [6.07, 6.45) is 2.63. The van der Waals surface area contributed by atoms with Crippen molar-refractivity contribution in [3.8, 4) is 0 Å². The molecule has 0 spiro atoms. The van der Waals surface area contributed by atoms with Crippen molar-refractivity contribution < 1.29 is 9.59 Å². The van der Waals surface area contributed by atoms with Gasteiger partial charge in [-0.25, -0.2) is 0 Å². The first kappa shape index (κ1) is 16.2. The van der Waals surface area contributed by atoms with Crippen LogP contribution in [0.25, 0.3) is 0 Å². The molecule has 0 aromatic heterocycles. The summed E-state index contributed by atoms with van der Waals surface area (Å²) in [5.74, 6) is -0.402. The Balaban J connectivity index is 2.58. The highest BCUT2D eigenvalue weighted by atomic mass is 35.5. The molecule has 0 saturated carbocycles. The number of benzene rings is 1. The van der Waals surface area contributed by atoms with E-state index < -0.39 is 0 Å². The molecule has 2 amide bonds. The predicted octanol–water partition coefficient (Wildman–Crippen LogP) is 3.09. The smallest absolute Gasteiger partial charge is 0.249 e. The summed E-state index contributed by atoms with van der Waals surface area (Å²) in [7, 11) is 1.60. The van der Waals surface area contributed by atoms with E-state index >= 15 is 0 Å². The van der Waals surface area contributed by atoms with E-state index in [0.717, 1.165) is 6.42 Å². The number of rotatable bonds is 5. The van der Waals surface area contributed by atoms with Crippen LogP contribution in [0.5, 0.6) is 0 Å². The third-order valence-corrected chi connectivity index (χ3v) is 2.92. The first-order valence-corrected chi connectivity index (χ1v) is 6.79. The highest BCUT2D eigenvalue weighted by Crippen LogP contribution is 2.14. The highest BCUT2D eigenvalue weighted by Gasteiger charge is 2.14. The van der Waals surface area contributed by atoms with E-state index in [1.807, 2.05) is 13.0 Å². The van der Waals surface area contributed by atoms with E-state index in [2.05, 4.69) is 5.32 Å². The molecule has 4 nitrogen and oxygen atoms in total. The summed E-state index contributed by atoms with van der Waals surface area (Å²) in [5, 5.41) is 3.25. The van der Waals surface area contributed by atoms with Crippen LogP contribution < -0.4 is 5.32 Å². The van der Waals surface area contributed by atoms with Gasteiger partial charge >= 0.3 is 0 Å². The van der Waals surface area contributed by atoms with Gasteiger partial charge in [0.25, 0.3) is 0 Å². The molecule has 0 fully saturated rings. The molecule has 0 aliphatic carbocycles. The Labute approximate surface area is 124 Å². The lowest BCUT2D eigenvalue weighted by Gasteiger charge is -2.17. The number of anilines is 1. The average Bonchev–Trinajstić information content (AvgIpc) is 2.37. The van der Waals surface area contributed by atoms with Gasteiger partial charge in [0.05, 0.1) is 6.54 Å². The van der Waals surface area contributed by atoms with E-state index in [0.29, 0.717) is 16.3 Å². The maximum atomic E-state index is 11.9. The second-order valence-corrected chi connectivity index (χ2v) is 4.95. The van der Waals surface area contributed by atoms with Crippen LogP contribution >= 0.6 is 11.6 Å². The molecule has 0 aliphatic rings. The fraction of sp³-hybridized carbons (Fsp3) is 0.333. The van der Waals surface area contributed by atoms with Crippen molar-refractivity contribution in [1.29, 1.82) is 0 Å². The number of nitrogens with one attached hydrogen (secondary N) is 1. The fourth-order valence-electron chi connectivity index (χ4n) is 1.75. The average molecular weight is 295 g/mol. The van der Waals surface area contributed by atoms with Gasteiger partial charge in [0.2, 0.25) is 11.8 Å². The van der Waals surface area contributed by atoms with Gasteiger partial charge in [-0.15, -0.1) is 0 Å². The maximum Gasteiger partial charge on any atom is 0.249 e. The zero-order chi connectivity index (χ0) is 15.1. The van der Waals surface area contributed by atoms with Gasteiger partial charge in [-0.1, -0.05) is 30.7 Å². The number of nitrogens with zero attached hydrogens (tertiary/aromatic N) is 1. The molecule has 0 radical (unpaired) electrons. The van der Waals surface area contributed by atoms with Gasteiger partial charge in [0.15, 0.2) is 0 Å². The van der Waals surface area contributed by atoms with Crippen LogP contribution in [0, 0.1) is 0 Å². The van der Waals surface area contributed by atoms with Crippen LogP contribution in [0.4, 0.5) is 5.69 Å². The van der Waals surface area contributed by atoms with Crippen molar-refractivity contribution in [3.05, 3.63) is 40.9 Å². The Morgan fingerprint density at radius 1 is 1.40 bits per heavy atom. The number of hydrogen-bond acceptors (Lipinski definition) is 2. The SMILES string of the molecule is CC/C=C(/C)C(=O)N(C)CC(=O)Nc1cccc(Cl)c1. The van der Waals surface area contributed by atoms with Crippen LogP contribution in [0.2, 0.25) is 5.02 Å². The number of allylic oxidation sites excluding steroid dienone is 1. The summed E-state index contributed by atoms with van der Waals surface area (Å²) in [6.45, 7) is 3.71. The first-order valence-electron chi connectivity index (χ1n) is 6.41. The summed E-state index contributed by atoms with van der Waals surface area (Å²) < 4.78 is 0. The number of likely N-dealkylation sites (N-methyl/N-ethyl adjacent to an activating group) is 1. The van der Waals surface area contributed by atoms with Gasteiger partial charge in [-0.2, -0.15) is 0 Å². The number of carbonyl (C=O) groups is 2. The zero-order valence-electron chi connectivity index (χ0n) is 11.9. The third kappa shape index (κ3) is 5.05. The molecule has 0 saturated heterocycles. The second-order valence-electron chi connectivity index (χ2n) is 4.52. The Hall–Kier alpha value is -1.81. The number of amides is 2. The Bertz CT molecular complexity index is 526. The zero-order valence-corrected chi connectivity index (χ0v) is 12.7. The number of halogens is 1. The quantitative estimate of drug-likeness (QED) is 0.848. The Morgan fingerprint density at radius 2 is 2.10 bits per heavy atom. The van der Waals surface area contributed by atoms with Crippen LogP contribution in [0.15, 0.2) is 35.9 Å². The van der Waals surface area contributed by atoms with E-state index in [4.69, 9.17) is 11.6 Å². The van der Waals surface area contributed by atoms with Gasteiger partial charge in [-0.3, -0.25) is 9.59 Å². The maximum absolute atomic E-state index is 11.9. The summed E-state index contributed by atoms with van der Waals surface area (Å²) in [4.78, 5) is 25.2. The Morgan fingerprint density at radius 3 is 2.70 bits per heavy atom. The van der Waals surface area contributed by atoms with Crippen LogP contribution in [-0.4, -0.2) is 30.3 Å². The largest absolute Gasteiger partial charge is 0.333 e. The molecule has 20 heavy (non-hydrogen) atoms. The minimum Gasteiger partial charge on any atom is -0.333 e. The lowest BCUT2D eigenvalue weighted by atomic mass is 10.2. The standard InChI is InChI=1S/C15H19ClN2O2/c1-4-6-11(2)15(20)18(3)10-14(19)17-13-8-5-7-12(16)9-13/h5-9H,4,10H2,1-3H3,(H,17,19)/b11-6-. The lowest BCUT2D eigenvalue weighted by molar-refractivity contribution is -0.130. The molecule has 0 bridgehead atoms. The summed E-state index contributed by atoms with van der Waals surface area (Å²) >= 11 is 5.84. The predicted molar refractivity (Wildman–Crippen MR) is 81.8 cm³/mol. The molecule has 5 heteroatoms. The minimum absolute atomic E-state index is 0.000239. The topological polar surface area (TPSA) is 49.4 Å². The molecule has 1 N–H and O–H groups in total.